The number of sulfonamides is 1. The normalized spacial score (nSPS) is 19.8. The van der Waals surface area contributed by atoms with E-state index in [1.54, 1.807) is 31.2 Å². The highest BCUT2D eigenvalue weighted by atomic mass is 32.2. The lowest BCUT2D eigenvalue weighted by atomic mass is 10.0. The van der Waals surface area contributed by atoms with Crippen LogP contribution in [-0.2, 0) is 24.7 Å². The molecular weight excluding hydrogens is 376 g/mol. The van der Waals surface area contributed by atoms with Gasteiger partial charge in [0.2, 0.25) is 15.9 Å². The van der Waals surface area contributed by atoms with Gasteiger partial charge in [-0.3, -0.25) is 4.79 Å². The summed E-state index contributed by atoms with van der Waals surface area (Å²) in [6, 6.07) is 6.20. The Morgan fingerprint density at radius 2 is 1.88 bits per heavy atom. The third-order valence-electron chi connectivity index (χ3n) is 4.45. The number of benzene rings is 1. The number of carbonyl (C=O) groups is 1. The van der Waals surface area contributed by atoms with Crippen molar-refractivity contribution < 1.29 is 21.6 Å². The van der Waals surface area contributed by atoms with Gasteiger partial charge in [-0.2, -0.15) is 4.31 Å². The molecule has 1 N–H and O–H groups in total. The second kappa shape index (κ2) is 8.06. The molecule has 1 aliphatic heterocycles. The number of hydrogen-bond donors (Lipinski definition) is 1. The van der Waals surface area contributed by atoms with Gasteiger partial charge < -0.3 is 5.32 Å². The van der Waals surface area contributed by atoms with E-state index < -0.39 is 31.8 Å². The molecule has 1 fully saturated rings. The molecule has 0 aliphatic carbocycles. The van der Waals surface area contributed by atoms with Crippen LogP contribution >= 0.6 is 0 Å². The average molecular weight is 403 g/mol. The van der Waals surface area contributed by atoms with Crippen molar-refractivity contribution in [3.8, 4) is 0 Å². The molecule has 1 heterocycles. The van der Waals surface area contributed by atoms with Crippen LogP contribution in [0.5, 0.6) is 0 Å². The summed E-state index contributed by atoms with van der Waals surface area (Å²) < 4.78 is 49.6. The number of nitrogens with zero attached hydrogens (tertiary/aromatic N) is 1. The van der Waals surface area contributed by atoms with Gasteiger partial charge in [-0.1, -0.05) is 32.9 Å². The molecule has 0 radical (unpaired) electrons. The first-order chi connectivity index (χ1) is 12.0. The van der Waals surface area contributed by atoms with Gasteiger partial charge in [-0.05, 0) is 30.0 Å². The van der Waals surface area contributed by atoms with E-state index in [0.717, 1.165) is 9.87 Å². The molecular formula is C17H26N2O5S2. The van der Waals surface area contributed by atoms with E-state index in [4.69, 9.17) is 0 Å². The predicted octanol–water partition coefficient (Wildman–Crippen LogP) is 1.12. The molecule has 0 spiro atoms. The Kier molecular flexibility index (Phi) is 6.46. The number of carbonyl (C=O) groups excluding carboxylic acids is 1. The zero-order chi connectivity index (χ0) is 19.5. The van der Waals surface area contributed by atoms with Crippen LogP contribution in [0.25, 0.3) is 0 Å². The maximum atomic E-state index is 12.8. The van der Waals surface area contributed by atoms with Crippen molar-refractivity contribution in [1.29, 1.82) is 0 Å². The van der Waals surface area contributed by atoms with Crippen molar-refractivity contribution in [2.45, 2.75) is 44.0 Å². The SMILES string of the molecule is CCN(CC(=O)NC1CCS(=O)(=O)C1)S(=O)(=O)c1ccc(C(C)C)cc1. The van der Waals surface area contributed by atoms with Crippen LogP contribution in [0.1, 0.15) is 38.7 Å². The largest absolute Gasteiger partial charge is 0.351 e. The van der Waals surface area contributed by atoms with Gasteiger partial charge in [0.05, 0.1) is 22.9 Å². The van der Waals surface area contributed by atoms with Gasteiger partial charge in [0.1, 0.15) is 0 Å². The van der Waals surface area contributed by atoms with E-state index in [2.05, 4.69) is 5.32 Å². The molecule has 1 saturated heterocycles. The van der Waals surface area contributed by atoms with Gasteiger partial charge in [-0.25, -0.2) is 16.8 Å². The molecule has 146 valence electrons. The Morgan fingerprint density at radius 1 is 1.27 bits per heavy atom. The number of hydrogen-bond acceptors (Lipinski definition) is 5. The van der Waals surface area contributed by atoms with Crippen molar-refractivity contribution in [2.75, 3.05) is 24.6 Å². The van der Waals surface area contributed by atoms with Crippen LogP contribution in [0.2, 0.25) is 0 Å². The lowest BCUT2D eigenvalue weighted by Gasteiger charge is -2.21. The zero-order valence-corrected chi connectivity index (χ0v) is 16.9. The van der Waals surface area contributed by atoms with E-state index in [1.165, 1.54) is 0 Å². The second-order valence-corrected chi connectivity index (χ2v) is 11.0. The minimum absolute atomic E-state index is 0.0515. The number of nitrogens with one attached hydrogen (secondary N) is 1. The van der Waals surface area contributed by atoms with Gasteiger partial charge in [-0.15, -0.1) is 0 Å². The fourth-order valence-electron chi connectivity index (χ4n) is 2.88. The molecule has 0 saturated carbocycles. The molecule has 1 atom stereocenters. The van der Waals surface area contributed by atoms with Crippen LogP contribution < -0.4 is 5.32 Å². The van der Waals surface area contributed by atoms with Crippen LogP contribution in [-0.4, -0.2) is 57.7 Å². The molecule has 0 bridgehead atoms. The zero-order valence-electron chi connectivity index (χ0n) is 15.3. The number of rotatable bonds is 7. The second-order valence-electron chi connectivity index (χ2n) is 6.82. The van der Waals surface area contributed by atoms with Gasteiger partial charge in [0, 0.05) is 12.6 Å². The molecule has 26 heavy (non-hydrogen) atoms. The Balaban J connectivity index is 2.07. The van der Waals surface area contributed by atoms with Crippen LogP contribution in [0.4, 0.5) is 0 Å². The quantitative estimate of drug-likeness (QED) is 0.737. The fraction of sp³-hybridized carbons (Fsp3) is 0.588. The fourth-order valence-corrected chi connectivity index (χ4v) is 5.96. The number of sulfone groups is 1. The highest BCUT2D eigenvalue weighted by molar-refractivity contribution is 7.91. The minimum atomic E-state index is -3.79. The topological polar surface area (TPSA) is 101 Å². The van der Waals surface area contributed by atoms with Crippen molar-refractivity contribution in [3.05, 3.63) is 29.8 Å². The Labute approximate surface area is 155 Å². The van der Waals surface area contributed by atoms with Crippen LogP contribution in [0, 0.1) is 0 Å². The molecule has 9 heteroatoms. The molecule has 1 unspecified atom stereocenters. The molecule has 1 aromatic rings. The first-order valence-corrected chi connectivity index (χ1v) is 11.9. The van der Waals surface area contributed by atoms with E-state index in [9.17, 15) is 21.6 Å². The highest BCUT2D eigenvalue weighted by Crippen LogP contribution is 2.20. The Morgan fingerprint density at radius 3 is 2.35 bits per heavy atom. The first-order valence-electron chi connectivity index (χ1n) is 8.65. The summed E-state index contributed by atoms with van der Waals surface area (Å²) in [5.41, 5.74) is 1.03. The summed E-state index contributed by atoms with van der Waals surface area (Å²) in [6.07, 6.45) is 0.365. The monoisotopic (exact) mass is 402 g/mol. The van der Waals surface area contributed by atoms with Crippen molar-refractivity contribution in [2.24, 2.45) is 0 Å². The smallest absolute Gasteiger partial charge is 0.243 e. The standard InChI is InChI=1S/C17H26N2O5S2/c1-4-19(11-17(20)18-15-9-10-25(21,22)12-15)26(23,24)16-7-5-14(6-8-16)13(2)3/h5-8,13,15H,4,9-12H2,1-3H3,(H,18,20). The molecule has 7 nitrogen and oxygen atoms in total. The van der Waals surface area contributed by atoms with Gasteiger partial charge >= 0.3 is 0 Å². The summed E-state index contributed by atoms with van der Waals surface area (Å²) >= 11 is 0. The summed E-state index contributed by atoms with van der Waals surface area (Å²) in [4.78, 5) is 12.3. The van der Waals surface area contributed by atoms with E-state index >= 15 is 0 Å². The molecule has 1 amide bonds. The molecule has 1 aromatic carbocycles. The first kappa shape index (κ1) is 20.9. The summed E-state index contributed by atoms with van der Waals surface area (Å²) in [5, 5.41) is 2.62. The summed E-state index contributed by atoms with van der Waals surface area (Å²) in [6.45, 7) is 5.52. The predicted molar refractivity (Wildman–Crippen MR) is 100 cm³/mol. The van der Waals surface area contributed by atoms with E-state index in [-0.39, 0.29) is 29.5 Å². The Hall–Kier alpha value is -1.45. The summed E-state index contributed by atoms with van der Waals surface area (Å²) in [5.74, 6) is -0.233. The number of likely N-dealkylation sites (N-methyl/N-ethyl adjacent to an activating group) is 1. The lowest BCUT2D eigenvalue weighted by molar-refractivity contribution is -0.121. The average Bonchev–Trinajstić information content (AvgIpc) is 2.91. The van der Waals surface area contributed by atoms with Gasteiger partial charge in [0.15, 0.2) is 9.84 Å². The van der Waals surface area contributed by atoms with Crippen molar-refractivity contribution in [1.82, 2.24) is 9.62 Å². The third-order valence-corrected chi connectivity index (χ3v) is 8.16. The molecule has 1 aliphatic rings. The molecule has 2 rings (SSSR count). The van der Waals surface area contributed by atoms with Gasteiger partial charge in [0.25, 0.3) is 0 Å². The third kappa shape index (κ3) is 5.05. The van der Waals surface area contributed by atoms with Crippen LogP contribution in [0.3, 0.4) is 0 Å². The van der Waals surface area contributed by atoms with E-state index in [1.807, 2.05) is 13.8 Å². The summed E-state index contributed by atoms with van der Waals surface area (Å²) in [7, 11) is -6.90. The van der Waals surface area contributed by atoms with Crippen LogP contribution in [0.15, 0.2) is 29.2 Å². The minimum Gasteiger partial charge on any atom is -0.351 e. The van der Waals surface area contributed by atoms with E-state index in [0.29, 0.717) is 12.3 Å². The maximum absolute atomic E-state index is 12.8. The molecule has 0 aromatic heterocycles. The Bertz CT molecular complexity index is 846. The maximum Gasteiger partial charge on any atom is 0.243 e. The number of amides is 1. The highest BCUT2D eigenvalue weighted by Gasteiger charge is 2.31. The van der Waals surface area contributed by atoms with Crippen molar-refractivity contribution in [3.63, 3.8) is 0 Å². The van der Waals surface area contributed by atoms with Crippen molar-refractivity contribution >= 4 is 25.8 Å². The lowest BCUT2D eigenvalue weighted by Crippen LogP contribution is -2.44.